The largest absolute Gasteiger partial charge is 0.448 e. The molecule has 7 rings (SSSR count). The molecule has 1 aliphatic heterocycles. The predicted octanol–water partition coefficient (Wildman–Crippen LogP) is 6.44. The minimum absolute atomic E-state index is 0.0507. The van der Waals surface area contributed by atoms with Crippen molar-refractivity contribution < 1.29 is 27.1 Å². The smallest absolute Gasteiger partial charge is 0.410 e. The molecule has 3 heterocycles. The van der Waals surface area contributed by atoms with Gasteiger partial charge in [0.25, 0.3) is 10.0 Å². The summed E-state index contributed by atoms with van der Waals surface area (Å²) in [5.41, 5.74) is 6.49. The molecule has 47 heavy (non-hydrogen) atoms. The molecular weight excluding hydrogens is 619 g/mol. The Kier molecular flexibility index (Phi) is 7.79. The van der Waals surface area contributed by atoms with E-state index in [9.17, 15) is 22.4 Å². The van der Waals surface area contributed by atoms with E-state index in [1.807, 2.05) is 62.4 Å². The maximum atomic E-state index is 14.7. The third kappa shape index (κ3) is 5.44. The van der Waals surface area contributed by atoms with E-state index in [1.54, 1.807) is 36.4 Å². The second kappa shape index (κ2) is 12.0. The van der Waals surface area contributed by atoms with Gasteiger partial charge >= 0.3 is 6.09 Å². The number of ether oxygens (including phenoxy) is 1. The van der Waals surface area contributed by atoms with Crippen molar-refractivity contribution in [1.82, 2.24) is 13.9 Å². The number of hydrogen-bond acceptors (Lipinski definition) is 6. The van der Waals surface area contributed by atoms with Crippen LogP contribution in [0.4, 0.5) is 15.0 Å². The van der Waals surface area contributed by atoms with Crippen LogP contribution in [0, 0.1) is 6.92 Å². The number of likely N-dealkylation sites (tertiary alicyclic amines) is 1. The number of pyridine rings is 1. The van der Waals surface area contributed by atoms with Crippen LogP contribution in [0.3, 0.4) is 0 Å². The number of fused-ring (bicyclic) bond motifs is 4. The normalized spacial score (nSPS) is 17.5. The summed E-state index contributed by atoms with van der Waals surface area (Å²) in [6.45, 7) is 3.52. The minimum atomic E-state index is -3.91. The van der Waals surface area contributed by atoms with E-state index in [0.29, 0.717) is 23.1 Å². The Labute approximate surface area is 272 Å². The zero-order valence-electron chi connectivity index (χ0n) is 25.9. The molecule has 0 bridgehead atoms. The van der Waals surface area contributed by atoms with Gasteiger partial charge in [-0.25, -0.2) is 26.6 Å². The average Bonchev–Trinajstić information content (AvgIpc) is 3.75. The van der Waals surface area contributed by atoms with Crippen LogP contribution in [0.2, 0.25) is 0 Å². The van der Waals surface area contributed by atoms with E-state index < -0.39 is 34.2 Å². The number of halogens is 1. The first-order chi connectivity index (χ1) is 22.7. The number of rotatable bonds is 7. The highest BCUT2D eigenvalue weighted by Crippen LogP contribution is 2.44. The van der Waals surface area contributed by atoms with Crippen molar-refractivity contribution in [2.24, 2.45) is 0 Å². The van der Waals surface area contributed by atoms with Gasteiger partial charge in [0.15, 0.2) is 0 Å². The Morgan fingerprint density at radius 3 is 2.28 bits per heavy atom. The third-order valence-corrected chi connectivity index (χ3v) is 10.8. The number of anilines is 1. The van der Waals surface area contributed by atoms with Crippen LogP contribution in [0.1, 0.15) is 41.6 Å². The lowest BCUT2D eigenvalue weighted by Crippen LogP contribution is -2.43. The zero-order chi connectivity index (χ0) is 32.9. The molecule has 0 unspecified atom stereocenters. The van der Waals surface area contributed by atoms with Crippen molar-refractivity contribution in [1.29, 1.82) is 0 Å². The molecule has 2 atom stereocenters. The number of hydrogen-bond donors (Lipinski definition) is 1. The van der Waals surface area contributed by atoms with Gasteiger partial charge in [-0.15, -0.1) is 0 Å². The molecule has 3 aromatic carbocycles. The van der Waals surface area contributed by atoms with Crippen LogP contribution in [-0.2, 0) is 26.0 Å². The number of alkyl halides is 1. The molecule has 0 radical (unpaired) electrons. The van der Waals surface area contributed by atoms with E-state index in [4.69, 9.17) is 4.74 Å². The topological polar surface area (TPSA) is 111 Å². The van der Waals surface area contributed by atoms with Gasteiger partial charge in [-0.2, -0.15) is 0 Å². The Hall–Kier alpha value is -5.03. The first-order valence-corrected chi connectivity index (χ1v) is 17.0. The Morgan fingerprint density at radius 2 is 1.62 bits per heavy atom. The molecule has 240 valence electrons. The summed E-state index contributed by atoms with van der Waals surface area (Å²) >= 11 is 0. The van der Waals surface area contributed by atoms with Crippen LogP contribution in [0.15, 0.2) is 95.9 Å². The lowest BCUT2D eigenvalue weighted by Gasteiger charge is -2.24. The molecule has 1 aliphatic carbocycles. The summed E-state index contributed by atoms with van der Waals surface area (Å²) in [6.07, 6.45) is -1.90. The zero-order valence-corrected chi connectivity index (χ0v) is 26.7. The lowest BCUT2D eigenvalue weighted by atomic mass is 9.98. The number of nitrogens with zero attached hydrogens (tertiary/aromatic N) is 3. The fraction of sp³-hybridized carbons (Fsp3) is 0.250. The number of amides is 2. The van der Waals surface area contributed by atoms with Gasteiger partial charge in [0, 0.05) is 18.0 Å². The van der Waals surface area contributed by atoms with E-state index in [2.05, 4.69) is 10.3 Å². The van der Waals surface area contributed by atoms with Gasteiger partial charge in [0.1, 0.15) is 24.6 Å². The quantitative estimate of drug-likeness (QED) is 0.217. The first-order valence-electron chi connectivity index (χ1n) is 15.6. The number of carbonyl (C=O) groups excluding carboxylic acids is 2. The van der Waals surface area contributed by atoms with E-state index >= 15 is 0 Å². The molecule has 1 N–H and O–H groups in total. The highest BCUT2D eigenvalue weighted by atomic mass is 32.2. The van der Waals surface area contributed by atoms with E-state index in [1.165, 1.54) is 10.0 Å². The van der Waals surface area contributed by atoms with Gasteiger partial charge in [0.05, 0.1) is 22.5 Å². The fourth-order valence-electron chi connectivity index (χ4n) is 6.65. The van der Waals surface area contributed by atoms with Crippen molar-refractivity contribution >= 4 is 38.9 Å². The standard InChI is InChI=1S/C36H33FN4O5S/c1-3-24-19-31-32(41(24)47(44,45)25-14-12-22(2)13-15-25)16-17-34(38-31)39-35(42)33-18-23(37)20-40(33)36(43)46-21-30-28-10-6-4-8-26(28)27-9-5-7-11-29(27)30/h4-17,19,23,30,33H,3,18,20-21H2,1-2H3,(H,38,39,42)/t23-,33-/m1/s1. The second-order valence-corrected chi connectivity index (χ2v) is 13.8. The summed E-state index contributed by atoms with van der Waals surface area (Å²) in [6, 6.07) is 26.2. The van der Waals surface area contributed by atoms with Crippen LogP contribution in [0.25, 0.3) is 22.2 Å². The molecule has 9 nitrogen and oxygen atoms in total. The van der Waals surface area contributed by atoms with Crippen LogP contribution < -0.4 is 5.32 Å². The number of aryl methyl sites for hydroxylation is 2. The molecule has 0 spiro atoms. The summed E-state index contributed by atoms with van der Waals surface area (Å²) in [5.74, 6) is -0.619. The van der Waals surface area contributed by atoms with Crippen molar-refractivity contribution in [2.45, 2.75) is 49.7 Å². The molecule has 5 aromatic rings. The second-order valence-electron chi connectivity index (χ2n) is 12.0. The predicted molar refractivity (Wildman–Crippen MR) is 177 cm³/mol. The van der Waals surface area contributed by atoms with Crippen molar-refractivity contribution in [2.75, 3.05) is 18.5 Å². The maximum Gasteiger partial charge on any atom is 0.410 e. The van der Waals surface area contributed by atoms with Gasteiger partial charge in [-0.1, -0.05) is 73.2 Å². The minimum Gasteiger partial charge on any atom is -0.448 e. The average molecular weight is 653 g/mol. The van der Waals surface area contributed by atoms with Crippen molar-refractivity contribution in [3.63, 3.8) is 0 Å². The Morgan fingerprint density at radius 1 is 0.957 bits per heavy atom. The Bertz CT molecular complexity index is 2080. The SMILES string of the molecule is CCc1cc2nc(NC(=O)[C@H]3C[C@@H](F)CN3C(=O)OCC3c4ccccc4-c4ccccc43)ccc2n1S(=O)(=O)c1ccc(C)cc1. The van der Waals surface area contributed by atoms with Gasteiger partial charge < -0.3 is 10.1 Å². The molecule has 1 fully saturated rings. The number of nitrogens with one attached hydrogen (secondary N) is 1. The number of benzene rings is 3. The highest BCUT2D eigenvalue weighted by Gasteiger charge is 2.41. The van der Waals surface area contributed by atoms with Crippen LogP contribution in [-0.4, -0.2) is 59.6 Å². The first kappa shape index (κ1) is 30.6. The Balaban J connectivity index is 1.08. The summed E-state index contributed by atoms with van der Waals surface area (Å²) in [5, 5.41) is 2.70. The van der Waals surface area contributed by atoms with Gasteiger partial charge in [0.2, 0.25) is 5.91 Å². The summed E-state index contributed by atoms with van der Waals surface area (Å²) < 4.78 is 48.9. The lowest BCUT2D eigenvalue weighted by molar-refractivity contribution is -0.120. The highest BCUT2D eigenvalue weighted by molar-refractivity contribution is 7.90. The molecule has 0 saturated carbocycles. The third-order valence-electron chi connectivity index (χ3n) is 8.98. The maximum absolute atomic E-state index is 14.7. The van der Waals surface area contributed by atoms with Gasteiger partial charge in [-0.05, 0) is 65.9 Å². The number of carbonyl (C=O) groups is 2. The van der Waals surface area contributed by atoms with Crippen molar-refractivity contribution in [3.05, 3.63) is 113 Å². The van der Waals surface area contributed by atoms with Crippen LogP contribution >= 0.6 is 0 Å². The molecule has 11 heteroatoms. The number of aromatic nitrogens is 2. The van der Waals surface area contributed by atoms with E-state index in [-0.39, 0.29) is 36.2 Å². The molecule has 1 saturated heterocycles. The molecule has 2 aliphatic rings. The summed E-state index contributed by atoms with van der Waals surface area (Å²) in [4.78, 5) is 32.5. The molecule has 2 amide bonds. The molecular formula is C36H33FN4O5S. The van der Waals surface area contributed by atoms with E-state index in [0.717, 1.165) is 32.7 Å². The van der Waals surface area contributed by atoms with Crippen molar-refractivity contribution in [3.8, 4) is 11.1 Å². The van der Waals surface area contributed by atoms with Crippen LogP contribution in [0.5, 0.6) is 0 Å². The van der Waals surface area contributed by atoms with Gasteiger partial charge in [-0.3, -0.25) is 9.69 Å². The molecule has 2 aromatic heterocycles. The monoisotopic (exact) mass is 652 g/mol. The summed E-state index contributed by atoms with van der Waals surface area (Å²) in [7, 11) is -3.91. The fourth-order valence-corrected chi connectivity index (χ4v) is 8.25.